The Morgan fingerprint density at radius 1 is 1.35 bits per heavy atom. The minimum atomic E-state index is 0.469. The van der Waals surface area contributed by atoms with Crippen molar-refractivity contribution in [3.63, 3.8) is 0 Å². The summed E-state index contributed by atoms with van der Waals surface area (Å²) in [6.07, 6.45) is 3.92. The average Bonchev–Trinajstić information content (AvgIpc) is 2.45. The molecule has 112 valence electrons. The first-order chi connectivity index (χ1) is 9.69. The zero-order valence-electron chi connectivity index (χ0n) is 12.7. The van der Waals surface area contributed by atoms with E-state index in [2.05, 4.69) is 64.3 Å². The van der Waals surface area contributed by atoms with Crippen LogP contribution in [-0.2, 0) is 0 Å². The van der Waals surface area contributed by atoms with Crippen molar-refractivity contribution in [3.05, 3.63) is 34.3 Å². The Kier molecular flexibility index (Phi) is 6.53. The average molecular weight is 339 g/mol. The van der Waals surface area contributed by atoms with Crippen molar-refractivity contribution in [3.8, 4) is 0 Å². The van der Waals surface area contributed by atoms with E-state index >= 15 is 0 Å². The van der Waals surface area contributed by atoms with Crippen molar-refractivity contribution in [2.24, 2.45) is 5.92 Å². The molecule has 3 heteroatoms. The molecule has 2 nitrogen and oxygen atoms in total. The number of nitrogens with zero attached hydrogens (tertiary/aromatic N) is 1. The molecule has 1 unspecified atom stereocenters. The maximum Gasteiger partial charge on any atom is 0.0332 e. The number of halogens is 1. The topological polar surface area (TPSA) is 15.3 Å². The summed E-state index contributed by atoms with van der Waals surface area (Å²) >= 11 is 3.58. The van der Waals surface area contributed by atoms with Gasteiger partial charge in [0, 0.05) is 10.5 Å². The fourth-order valence-electron chi connectivity index (χ4n) is 2.95. The molecule has 0 saturated carbocycles. The number of benzene rings is 1. The summed E-state index contributed by atoms with van der Waals surface area (Å²) in [5.41, 5.74) is 1.40. The van der Waals surface area contributed by atoms with Gasteiger partial charge in [-0.1, -0.05) is 41.9 Å². The summed E-state index contributed by atoms with van der Waals surface area (Å²) in [4.78, 5) is 2.63. The van der Waals surface area contributed by atoms with E-state index in [1.165, 1.54) is 48.9 Å². The van der Waals surface area contributed by atoms with E-state index in [4.69, 9.17) is 0 Å². The van der Waals surface area contributed by atoms with Gasteiger partial charge < -0.3 is 10.2 Å². The van der Waals surface area contributed by atoms with Crippen molar-refractivity contribution in [1.29, 1.82) is 0 Å². The first-order valence-electron chi connectivity index (χ1n) is 7.90. The molecule has 1 fully saturated rings. The zero-order chi connectivity index (χ0) is 14.4. The molecule has 1 aliphatic rings. The molecule has 0 spiro atoms. The fourth-order valence-corrected chi connectivity index (χ4v) is 3.37. The van der Waals surface area contributed by atoms with Crippen LogP contribution in [0.1, 0.15) is 44.7 Å². The van der Waals surface area contributed by atoms with E-state index in [0.717, 1.165) is 12.5 Å². The van der Waals surface area contributed by atoms with Gasteiger partial charge in [0.25, 0.3) is 0 Å². The van der Waals surface area contributed by atoms with Crippen molar-refractivity contribution in [2.45, 2.75) is 39.2 Å². The highest BCUT2D eigenvalue weighted by Crippen LogP contribution is 2.22. The lowest BCUT2D eigenvalue weighted by molar-refractivity contribution is 0.184. The van der Waals surface area contributed by atoms with Gasteiger partial charge in [0.2, 0.25) is 0 Å². The van der Waals surface area contributed by atoms with Crippen molar-refractivity contribution < 1.29 is 0 Å². The molecule has 0 radical (unpaired) electrons. The van der Waals surface area contributed by atoms with Crippen LogP contribution in [0, 0.1) is 5.92 Å². The van der Waals surface area contributed by atoms with Gasteiger partial charge in [-0.3, -0.25) is 0 Å². The molecule has 1 saturated heterocycles. The number of likely N-dealkylation sites (tertiary alicyclic amines) is 1. The Bertz CT molecular complexity index is 400. The van der Waals surface area contributed by atoms with Gasteiger partial charge in [-0.15, -0.1) is 0 Å². The molecular weight excluding hydrogens is 312 g/mol. The lowest BCUT2D eigenvalue weighted by atomic mass is 9.98. The summed E-state index contributed by atoms with van der Waals surface area (Å²) in [5, 5.41) is 3.63. The van der Waals surface area contributed by atoms with Gasteiger partial charge >= 0.3 is 0 Å². The molecule has 0 aliphatic carbocycles. The Balaban J connectivity index is 1.89. The summed E-state index contributed by atoms with van der Waals surface area (Å²) in [6, 6.07) is 9.17. The third kappa shape index (κ3) is 4.87. The van der Waals surface area contributed by atoms with Gasteiger partial charge in [0.15, 0.2) is 0 Å². The van der Waals surface area contributed by atoms with E-state index in [1.807, 2.05) is 0 Å². The van der Waals surface area contributed by atoms with E-state index < -0.39 is 0 Å². The molecule has 0 bridgehead atoms. The van der Waals surface area contributed by atoms with Gasteiger partial charge in [-0.05, 0) is 69.1 Å². The minimum Gasteiger partial charge on any atom is -0.310 e. The largest absolute Gasteiger partial charge is 0.310 e. The summed E-state index contributed by atoms with van der Waals surface area (Å²) < 4.78 is 1.17. The van der Waals surface area contributed by atoms with Crippen LogP contribution in [0.2, 0.25) is 0 Å². The van der Waals surface area contributed by atoms with E-state index in [0.29, 0.717) is 6.04 Å². The summed E-state index contributed by atoms with van der Waals surface area (Å²) in [7, 11) is 0. The highest BCUT2D eigenvalue weighted by Gasteiger charge is 2.17. The van der Waals surface area contributed by atoms with Crippen molar-refractivity contribution >= 4 is 15.9 Å². The van der Waals surface area contributed by atoms with E-state index in [-0.39, 0.29) is 0 Å². The smallest absolute Gasteiger partial charge is 0.0332 e. The predicted molar refractivity (Wildman–Crippen MR) is 90.0 cm³/mol. The first kappa shape index (κ1) is 16.0. The molecule has 1 aromatic carbocycles. The molecule has 0 aromatic heterocycles. The second-order valence-corrected chi connectivity index (χ2v) is 6.89. The third-order valence-corrected chi connectivity index (χ3v) is 4.81. The Morgan fingerprint density at radius 2 is 2.10 bits per heavy atom. The van der Waals surface area contributed by atoms with Crippen LogP contribution in [0.5, 0.6) is 0 Å². The van der Waals surface area contributed by atoms with Crippen molar-refractivity contribution in [1.82, 2.24) is 10.2 Å². The summed E-state index contributed by atoms with van der Waals surface area (Å²) in [5.74, 6) is 0.917. The first-order valence-corrected chi connectivity index (χ1v) is 8.69. The molecule has 1 N–H and O–H groups in total. The van der Waals surface area contributed by atoms with Gasteiger partial charge in [0.1, 0.15) is 0 Å². The Labute approximate surface area is 132 Å². The fraction of sp³-hybridized carbons (Fsp3) is 0.647. The standard InChI is InChI=1S/C17H27BrN2/c1-3-19-17(15-5-4-6-16(18)13-15)9-12-20-10-7-14(2)8-11-20/h4-6,13-14,17,19H,3,7-12H2,1-2H3. The highest BCUT2D eigenvalue weighted by molar-refractivity contribution is 9.10. The second kappa shape index (κ2) is 8.16. The number of hydrogen-bond acceptors (Lipinski definition) is 2. The summed E-state index contributed by atoms with van der Waals surface area (Å²) in [6.45, 7) is 9.34. The van der Waals surface area contributed by atoms with Crippen LogP contribution < -0.4 is 5.32 Å². The zero-order valence-corrected chi connectivity index (χ0v) is 14.3. The Morgan fingerprint density at radius 3 is 2.75 bits per heavy atom. The lowest BCUT2D eigenvalue weighted by Gasteiger charge is -2.31. The Hall–Kier alpha value is -0.380. The van der Waals surface area contributed by atoms with Crippen molar-refractivity contribution in [2.75, 3.05) is 26.2 Å². The monoisotopic (exact) mass is 338 g/mol. The van der Waals surface area contributed by atoms with E-state index in [9.17, 15) is 0 Å². The number of nitrogens with one attached hydrogen (secondary N) is 1. The van der Waals surface area contributed by atoms with Crippen LogP contribution in [0.3, 0.4) is 0 Å². The molecule has 1 aliphatic heterocycles. The van der Waals surface area contributed by atoms with Gasteiger partial charge in [-0.25, -0.2) is 0 Å². The van der Waals surface area contributed by atoms with Crippen LogP contribution >= 0.6 is 15.9 Å². The van der Waals surface area contributed by atoms with Gasteiger partial charge in [-0.2, -0.15) is 0 Å². The number of hydrogen-bond donors (Lipinski definition) is 1. The molecule has 1 aromatic rings. The second-order valence-electron chi connectivity index (χ2n) is 5.98. The number of rotatable bonds is 6. The molecular formula is C17H27BrN2. The molecule has 20 heavy (non-hydrogen) atoms. The number of piperidine rings is 1. The maximum absolute atomic E-state index is 3.63. The molecule has 2 rings (SSSR count). The third-order valence-electron chi connectivity index (χ3n) is 4.31. The van der Waals surface area contributed by atoms with E-state index in [1.54, 1.807) is 0 Å². The molecule has 1 heterocycles. The predicted octanol–water partition coefficient (Wildman–Crippen LogP) is 4.22. The quantitative estimate of drug-likeness (QED) is 0.835. The molecule has 0 amide bonds. The van der Waals surface area contributed by atoms with Crippen LogP contribution in [0.15, 0.2) is 28.7 Å². The van der Waals surface area contributed by atoms with Crippen LogP contribution in [0.4, 0.5) is 0 Å². The minimum absolute atomic E-state index is 0.469. The lowest BCUT2D eigenvalue weighted by Crippen LogP contribution is -2.35. The van der Waals surface area contributed by atoms with Crippen LogP contribution in [-0.4, -0.2) is 31.1 Å². The van der Waals surface area contributed by atoms with Crippen LogP contribution in [0.25, 0.3) is 0 Å². The maximum atomic E-state index is 3.63. The highest BCUT2D eigenvalue weighted by atomic mass is 79.9. The normalized spacial score (nSPS) is 19.1. The molecule has 1 atom stereocenters. The SMILES string of the molecule is CCNC(CCN1CCC(C)CC1)c1cccc(Br)c1. The van der Waals surface area contributed by atoms with Gasteiger partial charge in [0.05, 0.1) is 0 Å².